The molecule has 0 saturated carbocycles. The van der Waals surface area contributed by atoms with Crippen molar-refractivity contribution in [2.45, 2.75) is 33.1 Å². The maximum Gasteiger partial charge on any atom is 0.330 e. The van der Waals surface area contributed by atoms with Gasteiger partial charge in [0, 0.05) is 18.3 Å². The summed E-state index contributed by atoms with van der Waals surface area (Å²) in [4.78, 5) is 10.2. The molecule has 0 unspecified atom stereocenters. The van der Waals surface area contributed by atoms with Crippen LogP contribution in [-0.2, 0) is 4.79 Å². The van der Waals surface area contributed by atoms with Crippen molar-refractivity contribution < 1.29 is 9.90 Å². The summed E-state index contributed by atoms with van der Waals surface area (Å²) in [6.07, 6.45) is 4.66. The van der Waals surface area contributed by atoms with Crippen LogP contribution in [0.5, 0.6) is 0 Å². The van der Waals surface area contributed by atoms with Gasteiger partial charge in [0.2, 0.25) is 0 Å². The molecule has 12 heavy (non-hydrogen) atoms. The lowest BCUT2D eigenvalue weighted by atomic mass is 10.2. The lowest BCUT2D eigenvalue weighted by Gasteiger charge is -2.03. The van der Waals surface area contributed by atoms with Crippen LogP contribution in [0.1, 0.15) is 33.1 Å². The number of aliphatic carboxylic acids is 1. The highest BCUT2D eigenvalue weighted by Crippen LogP contribution is 1.93. The molecule has 0 saturated heterocycles. The van der Waals surface area contributed by atoms with Crippen LogP contribution in [0, 0.1) is 0 Å². The van der Waals surface area contributed by atoms with Gasteiger partial charge in [-0.1, -0.05) is 19.8 Å². The Hall–Kier alpha value is -0.990. The van der Waals surface area contributed by atoms with Gasteiger partial charge in [0.25, 0.3) is 0 Å². The largest absolute Gasteiger partial charge is 0.478 e. The summed E-state index contributed by atoms with van der Waals surface area (Å²) < 4.78 is 0. The molecule has 0 radical (unpaired) electrons. The lowest BCUT2D eigenvalue weighted by molar-refractivity contribution is -0.131. The molecule has 70 valence electrons. The van der Waals surface area contributed by atoms with E-state index < -0.39 is 5.97 Å². The van der Waals surface area contributed by atoms with Crippen LogP contribution in [0.3, 0.4) is 0 Å². The average molecular weight is 171 g/mol. The summed E-state index contributed by atoms with van der Waals surface area (Å²) in [5, 5.41) is 11.4. The molecule has 3 heteroatoms. The molecule has 0 spiro atoms. The van der Waals surface area contributed by atoms with Crippen molar-refractivity contribution in [2.75, 3.05) is 6.54 Å². The van der Waals surface area contributed by atoms with Crippen LogP contribution in [-0.4, -0.2) is 17.6 Å². The van der Waals surface area contributed by atoms with Gasteiger partial charge in [-0.2, -0.15) is 0 Å². The molecule has 0 aromatic carbocycles. The Kier molecular flexibility index (Phi) is 6.15. The molecule has 0 amide bonds. The molecule has 3 nitrogen and oxygen atoms in total. The van der Waals surface area contributed by atoms with E-state index >= 15 is 0 Å². The SMILES string of the molecule is CCCCCNC(C)=CC(=O)O. The van der Waals surface area contributed by atoms with Gasteiger partial charge in [-0.3, -0.25) is 0 Å². The molecule has 0 aromatic heterocycles. The minimum absolute atomic E-state index is 0.721. The number of rotatable bonds is 6. The van der Waals surface area contributed by atoms with E-state index in [2.05, 4.69) is 12.2 Å². The zero-order valence-corrected chi connectivity index (χ0v) is 7.76. The van der Waals surface area contributed by atoms with Gasteiger partial charge in [-0.15, -0.1) is 0 Å². The number of allylic oxidation sites excluding steroid dienone is 1. The summed E-state index contributed by atoms with van der Waals surface area (Å²) in [5.74, 6) is -0.893. The van der Waals surface area contributed by atoms with E-state index in [1.54, 1.807) is 6.92 Å². The number of carbonyl (C=O) groups is 1. The van der Waals surface area contributed by atoms with Crippen molar-refractivity contribution in [3.63, 3.8) is 0 Å². The second-order valence-corrected chi connectivity index (χ2v) is 2.80. The fourth-order valence-corrected chi connectivity index (χ4v) is 0.897. The molecule has 0 atom stereocenters. The third kappa shape index (κ3) is 7.12. The van der Waals surface area contributed by atoms with Crippen LogP contribution < -0.4 is 5.32 Å². The fourth-order valence-electron chi connectivity index (χ4n) is 0.897. The van der Waals surface area contributed by atoms with E-state index in [1.807, 2.05) is 0 Å². The summed E-state index contributed by atoms with van der Waals surface area (Å²) in [5.41, 5.74) is 0.721. The second kappa shape index (κ2) is 6.70. The zero-order valence-electron chi connectivity index (χ0n) is 7.76. The van der Waals surface area contributed by atoms with E-state index in [9.17, 15) is 4.79 Å². The van der Waals surface area contributed by atoms with Crippen LogP contribution in [0.4, 0.5) is 0 Å². The highest BCUT2D eigenvalue weighted by atomic mass is 16.4. The molecule has 0 aliphatic carbocycles. The molecular weight excluding hydrogens is 154 g/mol. The van der Waals surface area contributed by atoms with Gasteiger partial charge in [-0.25, -0.2) is 4.79 Å². The van der Waals surface area contributed by atoms with Crippen molar-refractivity contribution in [1.82, 2.24) is 5.32 Å². The monoisotopic (exact) mass is 171 g/mol. The molecule has 2 N–H and O–H groups in total. The second-order valence-electron chi connectivity index (χ2n) is 2.80. The molecule has 0 heterocycles. The Morgan fingerprint density at radius 3 is 2.67 bits per heavy atom. The number of carboxylic acids is 1. The standard InChI is InChI=1S/C9H17NO2/c1-3-4-5-6-10-8(2)7-9(11)12/h7,10H,3-6H2,1-2H3,(H,11,12). The van der Waals surface area contributed by atoms with Gasteiger partial charge >= 0.3 is 5.97 Å². The third-order valence-electron chi connectivity index (χ3n) is 1.52. The number of carboxylic acid groups (broad SMARTS) is 1. The average Bonchev–Trinajstić information content (AvgIpc) is 1.97. The normalized spacial score (nSPS) is 11.3. The Morgan fingerprint density at radius 1 is 1.50 bits per heavy atom. The lowest BCUT2D eigenvalue weighted by Crippen LogP contribution is -2.13. The summed E-state index contributed by atoms with van der Waals surface area (Å²) >= 11 is 0. The summed E-state index contributed by atoms with van der Waals surface area (Å²) in [6, 6.07) is 0. The summed E-state index contributed by atoms with van der Waals surface area (Å²) in [6.45, 7) is 4.77. The Labute approximate surface area is 73.5 Å². The van der Waals surface area contributed by atoms with E-state index in [-0.39, 0.29) is 0 Å². The molecule has 0 rings (SSSR count). The van der Waals surface area contributed by atoms with E-state index in [0.717, 1.165) is 18.7 Å². The van der Waals surface area contributed by atoms with Crippen molar-refractivity contribution in [3.8, 4) is 0 Å². The fraction of sp³-hybridized carbons (Fsp3) is 0.667. The van der Waals surface area contributed by atoms with Crippen molar-refractivity contribution >= 4 is 5.97 Å². The van der Waals surface area contributed by atoms with Crippen LogP contribution in [0.15, 0.2) is 11.8 Å². The third-order valence-corrected chi connectivity index (χ3v) is 1.52. The molecule has 0 aliphatic heterocycles. The van der Waals surface area contributed by atoms with Gasteiger partial charge in [-0.05, 0) is 13.3 Å². The highest BCUT2D eigenvalue weighted by Gasteiger charge is 1.92. The van der Waals surface area contributed by atoms with Crippen LogP contribution >= 0.6 is 0 Å². The minimum atomic E-state index is -0.893. The minimum Gasteiger partial charge on any atom is -0.478 e. The van der Waals surface area contributed by atoms with Crippen LogP contribution in [0.25, 0.3) is 0 Å². The zero-order chi connectivity index (χ0) is 9.40. The molecule has 0 fully saturated rings. The van der Waals surface area contributed by atoms with Crippen molar-refractivity contribution in [1.29, 1.82) is 0 Å². The number of hydrogen-bond acceptors (Lipinski definition) is 2. The smallest absolute Gasteiger partial charge is 0.330 e. The van der Waals surface area contributed by atoms with E-state index in [1.165, 1.54) is 18.9 Å². The first kappa shape index (κ1) is 11.0. The molecular formula is C9H17NO2. The quantitative estimate of drug-likeness (QED) is 0.473. The number of unbranched alkanes of at least 4 members (excludes halogenated alkanes) is 2. The van der Waals surface area contributed by atoms with E-state index in [4.69, 9.17) is 5.11 Å². The molecule has 0 aliphatic rings. The Morgan fingerprint density at radius 2 is 2.17 bits per heavy atom. The highest BCUT2D eigenvalue weighted by molar-refractivity contribution is 5.80. The van der Waals surface area contributed by atoms with E-state index in [0.29, 0.717) is 0 Å². The maximum absolute atomic E-state index is 10.2. The van der Waals surface area contributed by atoms with Crippen molar-refractivity contribution in [2.24, 2.45) is 0 Å². The Balaban J connectivity index is 3.43. The molecule has 0 aromatic rings. The molecule has 0 bridgehead atoms. The van der Waals surface area contributed by atoms with Gasteiger partial charge < -0.3 is 10.4 Å². The van der Waals surface area contributed by atoms with Crippen molar-refractivity contribution in [3.05, 3.63) is 11.8 Å². The van der Waals surface area contributed by atoms with Crippen LogP contribution in [0.2, 0.25) is 0 Å². The predicted octanol–water partition coefficient (Wildman–Crippen LogP) is 1.75. The topological polar surface area (TPSA) is 49.3 Å². The van der Waals surface area contributed by atoms with Gasteiger partial charge in [0.1, 0.15) is 0 Å². The number of nitrogens with one attached hydrogen (secondary N) is 1. The Bertz CT molecular complexity index is 164. The summed E-state index contributed by atoms with van der Waals surface area (Å²) in [7, 11) is 0. The first-order chi connectivity index (χ1) is 5.66. The maximum atomic E-state index is 10.2. The van der Waals surface area contributed by atoms with Gasteiger partial charge in [0.05, 0.1) is 0 Å². The first-order valence-corrected chi connectivity index (χ1v) is 4.32. The number of hydrogen-bond donors (Lipinski definition) is 2. The van der Waals surface area contributed by atoms with Gasteiger partial charge in [0.15, 0.2) is 0 Å². The first-order valence-electron chi connectivity index (χ1n) is 4.32. The predicted molar refractivity (Wildman–Crippen MR) is 48.9 cm³/mol.